The Morgan fingerprint density at radius 2 is 1.81 bits per heavy atom. The van der Waals surface area contributed by atoms with Crippen molar-refractivity contribution in [2.45, 2.75) is 40.2 Å². The van der Waals surface area contributed by atoms with Crippen LogP contribution in [0.3, 0.4) is 0 Å². The van der Waals surface area contributed by atoms with Gasteiger partial charge in [0.2, 0.25) is 11.8 Å². The van der Waals surface area contributed by atoms with Gasteiger partial charge in [0, 0.05) is 16.8 Å². The van der Waals surface area contributed by atoms with Crippen molar-refractivity contribution in [3.63, 3.8) is 0 Å². The summed E-state index contributed by atoms with van der Waals surface area (Å²) in [5.74, 6) is -0.714. The van der Waals surface area contributed by atoms with Crippen molar-refractivity contribution in [1.29, 1.82) is 0 Å². The standard InChI is InChI=1S/C18H27ClN4O3/c1-5-13(4)20-18(26)22-17(25)11-23(6-2)10-16(24)21-15-9-14(19)8-7-12(15)3/h7-9,13H,5-6,10-11H2,1-4H3,(H,21,24)(H2,20,22,25,26)/t13-/m1/s1. The number of anilines is 1. The quantitative estimate of drug-likeness (QED) is 0.644. The van der Waals surface area contributed by atoms with Crippen LogP contribution >= 0.6 is 11.6 Å². The van der Waals surface area contributed by atoms with Crippen molar-refractivity contribution in [3.8, 4) is 0 Å². The van der Waals surface area contributed by atoms with E-state index < -0.39 is 11.9 Å². The first kappa shape index (κ1) is 21.9. The summed E-state index contributed by atoms with van der Waals surface area (Å²) < 4.78 is 0. The van der Waals surface area contributed by atoms with E-state index in [4.69, 9.17) is 11.6 Å². The van der Waals surface area contributed by atoms with Gasteiger partial charge in [0.25, 0.3) is 0 Å². The maximum atomic E-state index is 12.2. The fourth-order valence-corrected chi connectivity index (χ4v) is 2.30. The van der Waals surface area contributed by atoms with E-state index in [1.807, 2.05) is 33.8 Å². The lowest BCUT2D eigenvalue weighted by atomic mass is 10.2. The molecule has 0 radical (unpaired) electrons. The van der Waals surface area contributed by atoms with Crippen molar-refractivity contribution < 1.29 is 14.4 Å². The number of likely N-dealkylation sites (N-methyl/N-ethyl adjacent to an activating group) is 1. The van der Waals surface area contributed by atoms with E-state index in [1.54, 1.807) is 17.0 Å². The number of hydrogen-bond acceptors (Lipinski definition) is 4. The van der Waals surface area contributed by atoms with Crippen LogP contribution in [-0.4, -0.2) is 48.4 Å². The molecule has 3 N–H and O–H groups in total. The first-order chi connectivity index (χ1) is 12.2. The fraction of sp³-hybridized carbons (Fsp3) is 0.500. The average Bonchev–Trinajstić information content (AvgIpc) is 2.57. The highest BCUT2D eigenvalue weighted by Crippen LogP contribution is 2.20. The number of halogens is 1. The largest absolute Gasteiger partial charge is 0.335 e. The van der Waals surface area contributed by atoms with Crippen molar-refractivity contribution in [2.75, 3.05) is 25.0 Å². The Labute approximate surface area is 159 Å². The molecule has 0 fully saturated rings. The van der Waals surface area contributed by atoms with Gasteiger partial charge in [-0.15, -0.1) is 0 Å². The number of carbonyl (C=O) groups is 3. The minimum atomic E-state index is -0.528. The highest BCUT2D eigenvalue weighted by molar-refractivity contribution is 6.31. The SMILES string of the molecule is CC[C@@H](C)NC(=O)NC(=O)CN(CC)CC(=O)Nc1cc(Cl)ccc1C. The Kier molecular flexibility index (Phi) is 9.09. The van der Waals surface area contributed by atoms with E-state index in [0.29, 0.717) is 17.3 Å². The molecular formula is C18H27ClN4O3. The smallest absolute Gasteiger partial charge is 0.321 e. The number of aryl methyl sites for hydroxylation is 1. The Morgan fingerprint density at radius 3 is 2.42 bits per heavy atom. The van der Waals surface area contributed by atoms with Gasteiger partial charge < -0.3 is 10.6 Å². The third-order valence-electron chi connectivity index (χ3n) is 3.90. The predicted molar refractivity (Wildman–Crippen MR) is 103 cm³/mol. The van der Waals surface area contributed by atoms with E-state index in [-0.39, 0.29) is 25.0 Å². The van der Waals surface area contributed by atoms with Gasteiger partial charge in [0.15, 0.2) is 0 Å². The first-order valence-corrected chi connectivity index (χ1v) is 9.01. The molecule has 0 aliphatic carbocycles. The second kappa shape index (κ2) is 10.8. The molecule has 0 bridgehead atoms. The predicted octanol–water partition coefficient (Wildman–Crippen LogP) is 2.53. The number of nitrogens with one attached hydrogen (secondary N) is 3. The number of carbonyl (C=O) groups excluding carboxylic acids is 3. The van der Waals surface area contributed by atoms with Crippen LogP contribution in [0, 0.1) is 6.92 Å². The molecule has 8 heteroatoms. The van der Waals surface area contributed by atoms with Gasteiger partial charge in [0.1, 0.15) is 0 Å². The highest BCUT2D eigenvalue weighted by Gasteiger charge is 2.16. The molecule has 1 aromatic rings. The van der Waals surface area contributed by atoms with Gasteiger partial charge >= 0.3 is 6.03 Å². The van der Waals surface area contributed by atoms with E-state index in [1.165, 1.54) is 0 Å². The minimum Gasteiger partial charge on any atom is -0.335 e. The minimum absolute atomic E-state index is 0.0169. The van der Waals surface area contributed by atoms with Crippen molar-refractivity contribution >= 4 is 35.1 Å². The van der Waals surface area contributed by atoms with Gasteiger partial charge in [-0.2, -0.15) is 0 Å². The van der Waals surface area contributed by atoms with Crippen molar-refractivity contribution in [3.05, 3.63) is 28.8 Å². The fourth-order valence-electron chi connectivity index (χ4n) is 2.13. The molecule has 0 aromatic heterocycles. The lowest BCUT2D eigenvalue weighted by Gasteiger charge is -2.20. The summed E-state index contributed by atoms with van der Waals surface area (Å²) >= 11 is 5.94. The van der Waals surface area contributed by atoms with Gasteiger partial charge in [-0.3, -0.25) is 19.8 Å². The number of imide groups is 1. The third-order valence-corrected chi connectivity index (χ3v) is 4.13. The molecule has 7 nitrogen and oxygen atoms in total. The zero-order valence-corrected chi connectivity index (χ0v) is 16.4. The summed E-state index contributed by atoms with van der Waals surface area (Å²) in [5.41, 5.74) is 1.53. The van der Waals surface area contributed by atoms with Crippen LogP contribution in [0.25, 0.3) is 0 Å². The molecule has 0 aliphatic heterocycles. The molecular weight excluding hydrogens is 356 g/mol. The monoisotopic (exact) mass is 382 g/mol. The van der Waals surface area contributed by atoms with Gasteiger partial charge in [0.05, 0.1) is 13.1 Å². The normalized spacial score (nSPS) is 11.8. The molecule has 26 heavy (non-hydrogen) atoms. The molecule has 0 saturated heterocycles. The Balaban J connectivity index is 2.52. The van der Waals surface area contributed by atoms with Gasteiger partial charge in [-0.1, -0.05) is 31.5 Å². The van der Waals surface area contributed by atoms with E-state index in [9.17, 15) is 14.4 Å². The average molecular weight is 383 g/mol. The summed E-state index contributed by atoms with van der Waals surface area (Å²) in [6.07, 6.45) is 0.770. The Bertz CT molecular complexity index is 651. The van der Waals surface area contributed by atoms with Crippen LogP contribution in [0.15, 0.2) is 18.2 Å². The topological polar surface area (TPSA) is 90.5 Å². The van der Waals surface area contributed by atoms with Crippen LogP contribution < -0.4 is 16.0 Å². The lowest BCUT2D eigenvalue weighted by molar-refractivity contribution is -0.122. The number of amides is 4. The maximum Gasteiger partial charge on any atom is 0.321 e. The van der Waals surface area contributed by atoms with Crippen LogP contribution in [0.1, 0.15) is 32.8 Å². The molecule has 0 aliphatic rings. The molecule has 0 saturated carbocycles. The second-order valence-corrected chi connectivity index (χ2v) is 6.58. The zero-order chi connectivity index (χ0) is 19.7. The summed E-state index contributed by atoms with van der Waals surface area (Å²) in [7, 11) is 0. The summed E-state index contributed by atoms with van der Waals surface area (Å²) in [6.45, 7) is 7.96. The molecule has 0 unspecified atom stereocenters. The molecule has 144 valence electrons. The molecule has 0 spiro atoms. The zero-order valence-electron chi connectivity index (χ0n) is 15.7. The van der Waals surface area contributed by atoms with Crippen LogP contribution in [-0.2, 0) is 9.59 Å². The third kappa shape index (κ3) is 7.84. The molecule has 4 amide bonds. The van der Waals surface area contributed by atoms with E-state index in [0.717, 1.165) is 12.0 Å². The van der Waals surface area contributed by atoms with E-state index >= 15 is 0 Å². The summed E-state index contributed by atoms with van der Waals surface area (Å²) in [6, 6.07) is 4.70. The first-order valence-electron chi connectivity index (χ1n) is 8.63. The van der Waals surface area contributed by atoms with Crippen LogP contribution in [0.2, 0.25) is 5.02 Å². The van der Waals surface area contributed by atoms with Crippen LogP contribution in [0.5, 0.6) is 0 Å². The number of hydrogen-bond donors (Lipinski definition) is 3. The van der Waals surface area contributed by atoms with Gasteiger partial charge in [-0.05, 0) is 44.5 Å². The van der Waals surface area contributed by atoms with E-state index in [2.05, 4.69) is 16.0 Å². The Hall–Kier alpha value is -2.12. The van der Waals surface area contributed by atoms with Crippen molar-refractivity contribution in [2.24, 2.45) is 0 Å². The number of urea groups is 1. The van der Waals surface area contributed by atoms with Gasteiger partial charge in [-0.25, -0.2) is 4.79 Å². The molecule has 1 atom stereocenters. The highest BCUT2D eigenvalue weighted by atomic mass is 35.5. The van der Waals surface area contributed by atoms with Crippen molar-refractivity contribution in [1.82, 2.24) is 15.5 Å². The molecule has 1 rings (SSSR count). The Morgan fingerprint density at radius 1 is 1.15 bits per heavy atom. The summed E-state index contributed by atoms with van der Waals surface area (Å²) in [4.78, 5) is 37.5. The number of rotatable bonds is 8. The number of benzene rings is 1. The molecule has 1 aromatic carbocycles. The molecule has 0 heterocycles. The summed E-state index contributed by atoms with van der Waals surface area (Å²) in [5, 5.41) is 8.25. The second-order valence-electron chi connectivity index (χ2n) is 6.14. The lowest BCUT2D eigenvalue weighted by Crippen LogP contribution is -2.47. The maximum absolute atomic E-state index is 12.2. The number of nitrogens with zero attached hydrogens (tertiary/aromatic N) is 1. The van der Waals surface area contributed by atoms with Crippen LogP contribution in [0.4, 0.5) is 10.5 Å².